The van der Waals surface area contributed by atoms with Gasteiger partial charge in [0.15, 0.2) is 0 Å². The van der Waals surface area contributed by atoms with Crippen LogP contribution in [0.3, 0.4) is 0 Å². The molecular formula is C6H2Cl2O3S. The first-order valence-electron chi connectivity index (χ1n) is 2.75. The van der Waals surface area contributed by atoms with Crippen LogP contribution in [-0.2, 0) is 4.79 Å². The molecule has 0 aliphatic heterocycles. The van der Waals surface area contributed by atoms with E-state index in [0.29, 0.717) is 0 Å². The lowest BCUT2D eigenvalue weighted by Gasteiger charge is -1.85. The molecule has 0 radical (unpaired) electrons. The number of hydrogen-bond donors (Lipinski definition) is 1. The molecule has 1 aromatic heterocycles. The van der Waals surface area contributed by atoms with E-state index in [1.165, 1.54) is 6.07 Å². The van der Waals surface area contributed by atoms with Crippen molar-refractivity contribution in [2.24, 2.45) is 0 Å². The minimum atomic E-state index is -1.51. The van der Waals surface area contributed by atoms with Gasteiger partial charge in [0, 0.05) is 0 Å². The second-order valence-electron chi connectivity index (χ2n) is 1.87. The summed E-state index contributed by atoms with van der Waals surface area (Å²) in [6, 6.07) is 1.24. The molecule has 0 atom stereocenters. The van der Waals surface area contributed by atoms with E-state index >= 15 is 0 Å². The summed E-state index contributed by atoms with van der Waals surface area (Å²) in [6.45, 7) is 0. The highest BCUT2D eigenvalue weighted by molar-refractivity contribution is 7.19. The summed E-state index contributed by atoms with van der Waals surface area (Å²) >= 11 is 11.9. The van der Waals surface area contributed by atoms with Gasteiger partial charge in [-0.3, -0.25) is 4.79 Å². The van der Waals surface area contributed by atoms with E-state index in [1.807, 2.05) is 0 Å². The van der Waals surface area contributed by atoms with Gasteiger partial charge in [-0.25, -0.2) is 4.79 Å². The Morgan fingerprint density at radius 1 is 1.42 bits per heavy atom. The highest BCUT2D eigenvalue weighted by Crippen LogP contribution is 2.31. The molecule has 0 saturated carbocycles. The lowest BCUT2D eigenvalue weighted by atomic mass is 10.3. The lowest BCUT2D eigenvalue weighted by molar-refractivity contribution is -0.131. The average molecular weight is 225 g/mol. The summed E-state index contributed by atoms with van der Waals surface area (Å²) in [5.41, 5.74) is 0. The molecule has 0 spiro atoms. The minimum Gasteiger partial charge on any atom is -0.475 e. The standard InChI is InChI=1S/C6H2Cl2O3S/c7-2-1-3(12-5(2)8)4(9)6(10)11/h1H,(H,10,11). The van der Waals surface area contributed by atoms with Gasteiger partial charge in [-0.1, -0.05) is 23.2 Å². The van der Waals surface area contributed by atoms with Gasteiger partial charge < -0.3 is 5.11 Å². The van der Waals surface area contributed by atoms with Crippen LogP contribution in [0.1, 0.15) is 9.67 Å². The molecule has 64 valence electrons. The number of rotatable bonds is 2. The van der Waals surface area contributed by atoms with Gasteiger partial charge in [0.1, 0.15) is 4.34 Å². The van der Waals surface area contributed by atoms with E-state index in [2.05, 4.69) is 0 Å². The van der Waals surface area contributed by atoms with E-state index in [4.69, 9.17) is 28.3 Å². The second kappa shape index (κ2) is 3.43. The third-order valence-electron chi connectivity index (χ3n) is 1.06. The minimum absolute atomic E-state index is 0.0394. The zero-order valence-corrected chi connectivity index (χ0v) is 7.83. The maximum Gasteiger partial charge on any atom is 0.378 e. The van der Waals surface area contributed by atoms with Crippen LogP contribution in [0.2, 0.25) is 9.36 Å². The maximum atomic E-state index is 10.8. The van der Waals surface area contributed by atoms with Crippen LogP contribution < -0.4 is 0 Å². The van der Waals surface area contributed by atoms with E-state index in [-0.39, 0.29) is 14.2 Å². The van der Waals surface area contributed by atoms with Gasteiger partial charge in [-0.15, -0.1) is 11.3 Å². The number of halogens is 2. The Morgan fingerprint density at radius 3 is 2.33 bits per heavy atom. The van der Waals surface area contributed by atoms with Crippen LogP contribution >= 0.6 is 34.5 Å². The first kappa shape index (κ1) is 9.51. The fourth-order valence-corrected chi connectivity index (χ4v) is 1.86. The molecule has 0 aromatic carbocycles. The SMILES string of the molecule is O=C(O)C(=O)c1cc(Cl)c(Cl)s1. The highest BCUT2D eigenvalue weighted by atomic mass is 35.5. The molecule has 0 bridgehead atoms. The van der Waals surface area contributed by atoms with Crippen LogP contribution in [-0.4, -0.2) is 16.9 Å². The molecule has 1 aromatic rings. The van der Waals surface area contributed by atoms with Crippen molar-refractivity contribution in [3.05, 3.63) is 20.3 Å². The number of thiophene rings is 1. The Hall–Kier alpha value is -0.580. The fourth-order valence-electron chi connectivity index (χ4n) is 0.564. The number of Topliss-reactive ketones (excluding diaryl/α,β-unsaturated/α-hetero) is 1. The number of ketones is 1. The first-order chi connectivity index (χ1) is 5.52. The van der Waals surface area contributed by atoms with E-state index in [9.17, 15) is 9.59 Å². The predicted molar refractivity (Wildman–Crippen MR) is 46.3 cm³/mol. The van der Waals surface area contributed by atoms with E-state index in [1.54, 1.807) is 0 Å². The second-order valence-corrected chi connectivity index (χ2v) is 3.93. The van der Waals surface area contributed by atoms with E-state index < -0.39 is 11.8 Å². The average Bonchev–Trinajstić information content (AvgIpc) is 2.30. The zero-order chi connectivity index (χ0) is 9.30. The molecule has 1 rings (SSSR count). The molecule has 1 N–H and O–H groups in total. The highest BCUT2D eigenvalue weighted by Gasteiger charge is 2.18. The number of carbonyl (C=O) groups is 2. The number of carbonyl (C=O) groups excluding carboxylic acids is 1. The van der Waals surface area contributed by atoms with Gasteiger partial charge in [0.25, 0.3) is 5.78 Å². The Kier molecular flexibility index (Phi) is 2.72. The molecule has 1 heterocycles. The van der Waals surface area contributed by atoms with Crippen LogP contribution in [0, 0.1) is 0 Å². The Labute approximate surface area is 81.5 Å². The topological polar surface area (TPSA) is 54.4 Å². The van der Waals surface area contributed by atoms with E-state index in [0.717, 1.165) is 11.3 Å². The van der Waals surface area contributed by atoms with Gasteiger partial charge >= 0.3 is 5.97 Å². The third kappa shape index (κ3) is 1.77. The molecule has 3 nitrogen and oxygen atoms in total. The van der Waals surface area contributed by atoms with Crippen molar-refractivity contribution in [3.8, 4) is 0 Å². The lowest BCUT2D eigenvalue weighted by Crippen LogP contribution is -2.10. The Bertz CT molecular complexity index is 325. The molecule has 0 aliphatic carbocycles. The quantitative estimate of drug-likeness (QED) is 0.620. The Balaban J connectivity index is 3.05. The summed E-state index contributed by atoms with van der Waals surface area (Å²) in [5, 5.41) is 8.51. The van der Waals surface area contributed by atoms with Crippen molar-refractivity contribution < 1.29 is 14.7 Å². The van der Waals surface area contributed by atoms with Crippen molar-refractivity contribution in [2.75, 3.05) is 0 Å². The van der Waals surface area contributed by atoms with Crippen molar-refractivity contribution >= 4 is 46.3 Å². The van der Waals surface area contributed by atoms with Crippen LogP contribution in [0.15, 0.2) is 6.07 Å². The van der Waals surface area contributed by atoms with Crippen LogP contribution in [0.25, 0.3) is 0 Å². The molecule has 0 aliphatic rings. The van der Waals surface area contributed by atoms with Gasteiger partial charge in [-0.2, -0.15) is 0 Å². The van der Waals surface area contributed by atoms with Crippen LogP contribution in [0.5, 0.6) is 0 Å². The molecule has 0 amide bonds. The predicted octanol–water partition coefficient (Wildman–Crippen LogP) is 2.32. The Morgan fingerprint density at radius 2 is 2.00 bits per heavy atom. The van der Waals surface area contributed by atoms with Crippen molar-refractivity contribution in [1.29, 1.82) is 0 Å². The molecule has 0 fully saturated rings. The molecule has 0 unspecified atom stereocenters. The van der Waals surface area contributed by atoms with Gasteiger partial charge in [0.2, 0.25) is 0 Å². The number of carboxylic acids is 1. The summed E-state index contributed by atoms with van der Waals surface area (Å²) < 4.78 is 0.223. The number of aliphatic carboxylic acids is 1. The smallest absolute Gasteiger partial charge is 0.378 e. The van der Waals surface area contributed by atoms with Gasteiger partial charge in [-0.05, 0) is 6.07 Å². The van der Waals surface area contributed by atoms with Crippen molar-refractivity contribution in [2.45, 2.75) is 0 Å². The normalized spacial score (nSPS) is 9.83. The molecule has 0 saturated heterocycles. The molecule has 12 heavy (non-hydrogen) atoms. The molecule has 6 heteroatoms. The van der Waals surface area contributed by atoms with Gasteiger partial charge in [0.05, 0.1) is 9.90 Å². The summed E-state index contributed by atoms with van der Waals surface area (Å²) in [6.07, 6.45) is 0. The summed E-state index contributed by atoms with van der Waals surface area (Å²) in [7, 11) is 0. The monoisotopic (exact) mass is 224 g/mol. The first-order valence-corrected chi connectivity index (χ1v) is 4.32. The van der Waals surface area contributed by atoms with Crippen molar-refractivity contribution in [1.82, 2.24) is 0 Å². The third-order valence-corrected chi connectivity index (χ3v) is 2.93. The largest absolute Gasteiger partial charge is 0.475 e. The summed E-state index contributed by atoms with van der Waals surface area (Å²) in [5.74, 6) is -2.50. The zero-order valence-electron chi connectivity index (χ0n) is 5.51. The maximum absolute atomic E-state index is 10.8. The number of hydrogen-bond acceptors (Lipinski definition) is 3. The fraction of sp³-hybridized carbons (Fsp3) is 0. The van der Waals surface area contributed by atoms with Crippen molar-refractivity contribution in [3.63, 3.8) is 0 Å². The number of carboxylic acid groups (broad SMARTS) is 1. The molecular weight excluding hydrogens is 223 g/mol. The summed E-state index contributed by atoms with van der Waals surface area (Å²) in [4.78, 5) is 21.0. The van der Waals surface area contributed by atoms with Crippen LogP contribution in [0.4, 0.5) is 0 Å².